The van der Waals surface area contributed by atoms with Crippen molar-refractivity contribution in [2.45, 2.75) is 12.8 Å². The molecule has 0 fully saturated rings. The Morgan fingerprint density at radius 2 is 2.10 bits per heavy atom. The molecule has 0 bridgehead atoms. The van der Waals surface area contributed by atoms with E-state index in [1.54, 1.807) is 0 Å². The number of aliphatic hydroxyl groups excluding tert-OH is 1. The molecule has 60 valence electrons. The summed E-state index contributed by atoms with van der Waals surface area (Å²) < 4.78 is 0. The summed E-state index contributed by atoms with van der Waals surface area (Å²) in [5.74, 6) is -0.630. The first kappa shape index (κ1) is 9.39. The van der Waals surface area contributed by atoms with Crippen molar-refractivity contribution in [2.75, 3.05) is 13.2 Å². The predicted octanol–water partition coefficient (Wildman–Crippen LogP) is -1.18. The van der Waals surface area contributed by atoms with Crippen LogP contribution in [0.25, 0.3) is 0 Å². The van der Waals surface area contributed by atoms with E-state index in [1.807, 2.05) is 0 Å². The van der Waals surface area contributed by atoms with E-state index in [0.717, 1.165) is 0 Å². The van der Waals surface area contributed by atoms with Crippen molar-refractivity contribution in [3.8, 4) is 0 Å². The Hall–Kier alpha value is -0.610. The van der Waals surface area contributed by atoms with E-state index in [9.17, 15) is 4.79 Å². The van der Waals surface area contributed by atoms with E-state index in [1.165, 1.54) is 0 Å². The Morgan fingerprint density at radius 1 is 1.50 bits per heavy atom. The van der Waals surface area contributed by atoms with E-state index in [4.69, 9.17) is 16.6 Å². The number of nitrogens with two attached hydrogens (primary N) is 2. The maximum Gasteiger partial charge on any atom is 0.220 e. The highest BCUT2D eigenvalue weighted by Gasteiger charge is 2.12. The van der Waals surface area contributed by atoms with Crippen molar-refractivity contribution in [1.29, 1.82) is 0 Å². The molecule has 0 aromatic rings. The summed E-state index contributed by atoms with van der Waals surface area (Å²) in [7, 11) is 0. The molecule has 4 heteroatoms. The summed E-state index contributed by atoms with van der Waals surface area (Å²) in [5, 5.41) is 8.46. The van der Waals surface area contributed by atoms with Gasteiger partial charge in [0, 0.05) is 12.5 Å². The third-order valence-electron chi connectivity index (χ3n) is 1.40. The van der Waals surface area contributed by atoms with Crippen LogP contribution in [0.3, 0.4) is 0 Å². The van der Waals surface area contributed by atoms with Crippen molar-refractivity contribution < 1.29 is 9.90 Å². The SMILES string of the molecule is NCCC(CCO)C(N)=O. The molecule has 1 unspecified atom stereocenters. The molecular weight excluding hydrogens is 132 g/mol. The van der Waals surface area contributed by atoms with Crippen LogP contribution in [-0.4, -0.2) is 24.2 Å². The molecule has 0 aliphatic rings. The van der Waals surface area contributed by atoms with Crippen LogP contribution in [0.1, 0.15) is 12.8 Å². The lowest BCUT2D eigenvalue weighted by Gasteiger charge is -2.08. The van der Waals surface area contributed by atoms with Crippen molar-refractivity contribution >= 4 is 5.91 Å². The molecule has 0 radical (unpaired) electrons. The number of rotatable bonds is 5. The van der Waals surface area contributed by atoms with E-state index in [0.29, 0.717) is 19.4 Å². The largest absolute Gasteiger partial charge is 0.396 e. The topological polar surface area (TPSA) is 89.3 Å². The van der Waals surface area contributed by atoms with Gasteiger partial charge in [-0.25, -0.2) is 0 Å². The van der Waals surface area contributed by atoms with Gasteiger partial charge in [-0.05, 0) is 19.4 Å². The average molecular weight is 146 g/mol. The molecule has 0 aliphatic carbocycles. The molecule has 0 saturated carbocycles. The second-order valence-electron chi connectivity index (χ2n) is 2.19. The molecule has 0 saturated heterocycles. The Morgan fingerprint density at radius 3 is 2.40 bits per heavy atom. The third-order valence-corrected chi connectivity index (χ3v) is 1.40. The number of aliphatic hydroxyl groups is 1. The Balaban J connectivity index is 3.61. The lowest BCUT2D eigenvalue weighted by atomic mass is 10.0. The Labute approximate surface area is 60.2 Å². The number of primary amides is 1. The number of carbonyl (C=O) groups is 1. The molecule has 4 nitrogen and oxygen atoms in total. The van der Waals surface area contributed by atoms with Crippen LogP contribution in [0, 0.1) is 5.92 Å². The highest BCUT2D eigenvalue weighted by atomic mass is 16.3. The molecule has 1 amide bonds. The Bertz CT molecular complexity index is 99.9. The summed E-state index contributed by atoms with van der Waals surface area (Å²) in [6, 6.07) is 0. The monoisotopic (exact) mass is 146 g/mol. The van der Waals surface area contributed by atoms with E-state index < -0.39 is 0 Å². The molecule has 0 rings (SSSR count). The summed E-state index contributed by atoms with van der Waals surface area (Å²) in [6.45, 7) is 0.432. The minimum absolute atomic E-state index is 0.00634. The molecule has 0 aliphatic heterocycles. The minimum atomic E-state index is -0.375. The molecular formula is C6H14N2O2. The fourth-order valence-corrected chi connectivity index (χ4v) is 0.786. The smallest absolute Gasteiger partial charge is 0.220 e. The van der Waals surface area contributed by atoms with Gasteiger partial charge in [0.25, 0.3) is 0 Å². The van der Waals surface area contributed by atoms with E-state index in [-0.39, 0.29) is 18.4 Å². The zero-order valence-electron chi connectivity index (χ0n) is 5.92. The summed E-state index contributed by atoms with van der Waals surface area (Å²) in [6.07, 6.45) is 0.989. The first-order valence-corrected chi connectivity index (χ1v) is 3.32. The summed E-state index contributed by atoms with van der Waals surface area (Å²) in [5.41, 5.74) is 10.2. The van der Waals surface area contributed by atoms with Gasteiger partial charge in [-0.3, -0.25) is 4.79 Å². The fraction of sp³-hybridized carbons (Fsp3) is 0.833. The van der Waals surface area contributed by atoms with Crippen LogP contribution in [0.5, 0.6) is 0 Å². The van der Waals surface area contributed by atoms with Gasteiger partial charge < -0.3 is 16.6 Å². The van der Waals surface area contributed by atoms with Gasteiger partial charge >= 0.3 is 0 Å². The van der Waals surface area contributed by atoms with Gasteiger partial charge in [0.15, 0.2) is 0 Å². The van der Waals surface area contributed by atoms with Gasteiger partial charge in [0.1, 0.15) is 0 Å². The highest BCUT2D eigenvalue weighted by molar-refractivity contribution is 5.76. The zero-order chi connectivity index (χ0) is 7.98. The summed E-state index contributed by atoms with van der Waals surface area (Å²) in [4.78, 5) is 10.5. The number of hydrogen-bond acceptors (Lipinski definition) is 3. The van der Waals surface area contributed by atoms with Gasteiger partial charge in [0.05, 0.1) is 0 Å². The molecule has 5 N–H and O–H groups in total. The van der Waals surface area contributed by atoms with Gasteiger partial charge in [-0.2, -0.15) is 0 Å². The first-order chi connectivity index (χ1) is 4.72. The van der Waals surface area contributed by atoms with Gasteiger partial charge in [-0.1, -0.05) is 0 Å². The summed E-state index contributed by atoms with van der Waals surface area (Å²) >= 11 is 0. The molecule has 1 atom stereocenters. The second kappa shape index (κ2) is 5.20. The quantitative estimate of drug-likeness (QED) is 0.456. The van der Waals surface area contributed by atoms with E-state index in [2.05, 4.69) is 0 Å². The minimum Gasteiger partial charge on any atom is -0.396 e. The van der Waals surface area contributed by atoms with Crippen LogP contribution < -0.4 is 11.5 Å². The van der Waals surface area contributed by atoms with Crippen molar-refractivity contribution in [3.63, 3.8) is 0 Å². The van der Waals surface area contributed by atoms with Crippen molar-refractivity contribution in [3.05, 3.63) is 0 Å². The maximum atomic E-state index is 10.5. The van der Waals surface area contributed by atoms with Crippen LogP contribution in [0.2, 0.25) is 0 Å². The van der Waals surface area contributed by atoms with Crippen LogP contribution in [0.15, 0.2) is 0 Å². The maximum absolute atomic E-state index is 10.5. The van der Waals surface area contributed by atoms with Gasteiger partial charge in [0.2, 0.25) is 5.91 Å². The lowest BCUT2D eigenvalue weighted by Crippen LogP contribution is -2.26. The standard InChI is InChI=1S/C6H14N2O2/c7-3-1-5(2-4-9)6(8)10/h5,9H,1-4,7H2,(H2,8,10). The average Bonchev–Trinajstić information content (AvgIpc) is 1.87. The fourth-order valence-electron chi connectivity index (χ4n) is 0.786. The Kier molecular flexibility index (Phi) is 4.88. The number of amides is 1. The normalized spacial score (nSPS) is 13.0. The second-order valence-corrected chi connectivity index (χ2v) is 2.19. The third kappa shape index (κ3) is 3.42. The molecule has 0 spiro atoms. The predicted molar refractivity (Wildman–Crippen MR) is 38.1 cm³/mol. The lowest BCUT2D eigenvalue weighted by molar-refractivity contribution is -0.122. The highest BCUT2D eigenvalue weighted by Crippen LogP contribution is 2.04. The van der Waals surface area contributed by atoms with Crippen LogP contribution in [-0.2, 0) is 4.79 Å². The molecule has 0 aromatic heterocycles. The number of carbonyl (C=O) groups excluding carboxylic acids is 1. The van der Waals surface area contributed by atoms with Crippen molar-refractivity contribution in [1.82, 2.24) is 0 Å². The molecule has 0 aromatic carbocycles. The molecule has 10 heavy (non-hydrogen) atoms. The van der Waals surface area contributed by atoms with Gasteiger partial charge in [-0.15, -0.1) is 0 Å². The molecule has 0 heterocycles. The van der Waals surface area contributed by atoms with E-state index >= 15 is 0 Å². The van der Waals surface area contributed by atoms with Crippen LogP contribution >= 0.6 is 0 Å². The van der Waals surface area contributed by atoms with Crippen molar-refractivity contribution in [2.24, 2.45) is 17.4 Å². The number of hydrogen-bond donors (Lipinski definition) is 3. The zero-order valence-corrected chi connectivity index (χ0v) is 5.92. The van der Waals surface area contributed by atoms with Crippen LogP contribution in [0.4, 0.5) is 0 Å². The first-order valence-electron chi connectivity index (χ1n) is 3.32.